The first-order chi connectivity index (χ1) is 12.2. The number of carbonyl (C=O) groups is 1. The molecule has 1 N–H and O–H groups in total. The lowest BCUT2D eigenvalue weighted by Gasteiger charge is -2.04. The zero-order valence-electron chi connectivity index (χ0n) is 13.5. The van der Waals surface area contributed by atoms with E-state index in [0.717, 1.165) is 11.3 Å². The van der Waals surface area contributed by atoms with Gasteiger partial charge >= 0.3 is 0 Å². The fourth-order valence-corrected chi connectivity index (χ4v) is 2.48. The van der Waals surface area contributed by atoms with Crippen molar-refractivity contribution in [3.8, 4) is 17.1 Å². The molecular formula is C18H16ClN3O3. The Bertz CT molecular complexity index is 879. The highest BCUT2D eigenvalue weighted by Crippen LogP contribution is 2.21. The normalized spacial score (nSPS) is 10.5. The molecule has 0 spiro atoms. The van der Waals surface area contributed by atoms with Crippen LogP contribution >= 0.6 is 11.6 Å². The van der Waals surface area contributed by atoms with Crippen molar-refractivity contribution >= 4 is 17.5 Å². The van der Waals surface area contributed by atoms with Crippen LogP contribution in [0.2, 0.25) is 5.02 Å². The number of nitrogens with one attached hydrogen (secondary N) is 1. The topological polar surface area (TPSA) is 77.3 Å². The third-order valence-corrected chi connectivity index (χ3v) is 3.87. The quantitative estimate of drug-likeness (QED) is 0.731. The van der Waals surface area contributed by atoms with Crippen LogP contribution < -0.4 is 10.1 Å². The van der Waals surface area contributed by atoms with Crippen molar-refractivity contribution in [2.75, 3.05) is 13.7 Å². The van der Waals surface area contributed by atoms with E-state index in [-0.39, 0.29) is 5.91 Å². The van der Waals surface area contributed by atoms with Crippen molar-refractivity contribution in [3.63, 3.8) is 0 Å². The number of halogens is 1. The van der Waals surface area contributed by atoms with E-state index in [4.69, 9.17) is 20.9 Å². The summed E-state index contributed by atoms with van der Waals surface area (Å²) in [5.74, 6) is 1.40. The Morgan fingerprint density at radius 3 is 2.88 bits per heavy atom. The monoisotopic (exact) mass is 357 g/mol. The molecule has 1 amide bonds. The molecular weight excluding hydrogens is 342 g/mol. The Kier molecular flexibility index (Phi) is 5.30. The van der Waals surface area contributed by atoms with Gasteiger partial charge in [-0.3, -0.25) is 4.79 Å². The molecule has 0 bridgehead atoms. The van der Waals surface area contributed by atoms with Crippen LogP contribution in [0.4, 0.5) is 0 Å². The molecule has 0 fully saturated rings. The van der Waals surface area contributed by atoms with Gasteiger partial charge in [0.1, 0.15) is 5.75 Å². The summed E-state index contributed by atoms with van der Waals surface area (Å²) >= 11 is 6.00. The Morgan fingerprint density at radius 2 is 2.08 bits per heavy atom. The lowest BCUT2D eigenvalue weighted by atomic mass is 10.2. The second-order valence-corrected chi connectivity index (χ2v) is 5.64. The molecule has 1 heterocycles. The van der Waals surface area contributed by atoms with Crippen LogP contribution in [-0.2, 0) is 6.42 Å². The second kappa shape index (κ2) is 7.81. The van der Waals surface area contributed by atoms with Crippen molar-refractivity contribution in [2.24, 2.45) is 0 Å². The van der Waals surface area contributed by atoms with Gasteiger partial charge in [-0.05, 0) is 24.3 Å². The molecule has 7 heteroatoms. The Labute approximate surface area is 149 Å². The number of aromatic nitrogens is 2. The van der Waals surface area contributed by atoms with Crippen molar-refractivity contribution in [1.29, 1.82) is 0 Å². The molecule has 0 aliphatic rings. The van der Waals surface area contributed by atoms with Gasteiger partial charge in [0.2, 0.25) is 11.7 Å². The molecule has 2 aromatic carbocycles. The molecule has 3 aromatic rings. The minimum atomic E-state index is -0.238. The maximum absolute atomic E-state index is 12.1. The molecule has 0 saturated carbocycles. The lowest BCUT2D eigenvalue weighted by molar-refractivity contribution is 0.0953. The fraction of sp³-hybridized carbons (Fsp3) is 0.167. The van der Waals surface area contributed by atoms with E-state index >= 15 is 0 Å². The first kappa shape index (κ1) is 17.0. The van der Waals surface area contributed by atoms with Crippen LogP contribution in [0.3, 0.4) is 0 Å². The van der Waals surface area contributed by atoms with E-state index < -0.39 is 0 Å². The smallest absolute Gasteiger partial charge is 0.252 e. The molecule has 0 aliphatic heterocycles. The first-order valence-electron chi connectivity index (χ1n) is 7.67. The van der Waals surface area contributed by atoms with E-state index in [0.29, 0.717) is 35.3 Å². The van der Waals surface area contributed by atoms with Crippen molar-refractivity contribution in [3.05, 3.63) is 65.0 Å². The zero-order valence-corrected chi connectivity index (χ0v) is 14.3. The summed E-state index contributed by atoms with van der Waals surface area (Å²) in [5, 5.41) is 7.16. The minimum absolute atomic E-state index is 0.238. The molecule has 0 unspecified atom stereocenters. The van der Waals surface area contributed by atoms with Crippen molar-refractivity contribution in [1.82, 2.24) is 15.5 Å². The maximum atomic E-state index is 12.1. The second-order valence-electron chi connectivity index (χ2n) is 5.23. The van der Waals surface area contributed by atoms with E-state index in [1.807, 2.05) is 24.3 Å². The molecule has 0 aliphatic carbocycles. The molecule has 128 valence electrons. The summed E-state index contributed by atoms with van der Waals surface area (Å²) in [6.45, 7) is 0.365. The molecule has 0 saturated heterocycles. The van der Waals surface area contributed by atoms with Gasteiger partial charge in [0.25, 0.3) is 5.91 Å². The highest BCUT2D eigenvalue weighted by Gasteiger charge is 2.12. The number of nitrogens with zero attached hydrogens (tertiary/aromatic N) is 2. The number of amides is 1. The number of hydrogen-bond acceptors (Lipinski definition) is 5. The molecule has 0 radical (unpaired) electrons. The number of hydrogen-bond donors (Lipinski definition) is 1. The van der Waals surface area contributed by atoms with E-state index in [1.165, 1.54) is 0 Å². The van der Waals surface area contributed by atoms with Gasteiger partial charge in [0.15, 0.2) is 0 Å². The average molecular weight is 358 g/mol. The zero-order chi connectivity index (χ0) is 17.6. The van der Waals surface area contributed by atoms with Gasteiger partial charge in [0, 0.05) is 18.5 Å². The number of methoxy groups -OCH3 is 1. The third-order valence-electron chi connectivity index (χ3n) is 3.54. The van der Waals surface area contributed by atoms with Crippen LogP contribution in [0, 0.1) is 0 Å². The van der Waals surface area contributed by atoms with Crippen molar-refractivity contribution < 1.29 is 14.1 Å². The lowest BCUT2D eigenvalue weighted by Crippen LogP contribution is -2.26. The van der Waals surface area contributed by atoms with E-state index in [2.05, 4.69) is 15.5 Å². The summed E-state index contributed by atoms with van der Waals surface area (Å²) in [7, 11) is 1.60. The molecule has 0 atom stereocenters. The molecule has 1 aromatic heterocycles. The van der Waals surface area contributed by atoms with Crippen LogP contribution in [0.25, 0.3) is 11.4 Å². The summed E-state index contributed by atoms with van der Waals surface area (Å²) in [5.41, 5.74) is 1.24. The number of rotatable bonds is 6. The predicted octanol–water partition coefficient (Wildman–Crippen LogP) is 3.37. The van der Waals surface area contributed by atoms with Gasteiger partial charge in [-0.15, -0.1) is 0 Å². The van der Waals surface area contributed by atoms with Gasteiger partial charge < -0.3 is 14.6 Å². The number of ether oxygens (including phenoxy) is 1. The van der Waals surface area contributed by atoms with E-state index in [9.17, 15) is 4.79 Å². The average Bonchev–Trinajstić information content (AvgIpc) is 3.11. The largest absolute Gasteiger partial charge is 0.497 e. The van der Waals surface area contributed by atoms with Gasteiger partial charge in [0.05, 0.1) is 17.7 Å². The minimum Gasteiger partial charge on any atom is -0.497 e. The highest BCUT2D eigenvalue weighted by molar-refractivity contribution is 6.33. The van der Waals surface area contributed by atoms with Gasteiger partial charge in [-0.25, -0.2) is 0 Å². The van der Waals surface area contributed by atoms with Crippen LogP contribution in [0.15, 0.2) is 53.1 Å². The fourth-order valence-electron chi connectivity index (χ4n) is 2.26. The predicted molar refractivity (Wildman–Crippen MR) is 93.8 cm³/mol. The standard InChI is InChI=1S/C18H16ClN3O3/c1-24-13-6-4-5-12(11-13)17-21-16(25-22-17)9-10-20-18(23)14-7-2-3-8-15(14)19/h2-8,11H,9-10H2,1H3,(H,20,23). The summed E-state index contributed by atoms with van der Waals surface area (Å²) in [6.07, 6.45) is 0.424. The summed E-state index contributed by atoms with van der Waals surface area (Å²) in [4.78, 5) is 16.4. The highest BCUT2D eigenvalue weighted by atomic mass is 35.5. The third kappa shape index (κ3) is 4.16. The molecule has 25 heavy (non-hydrogen) atoms. The van der Waals surface area contributed by atoms with Crippen LogP contribution in [0.1, 0.15) is 16.2 Å². The molecule has 3 rings (SSSR count). The Hall–Kier alpha value is -2.86. The van der Waals surface area contributed by atoms with Gasteiger partial charge in [-0.1, -0.05) is 41.0 Å². The van der Waals surface area contributed by atoms with Crippen LogP contribution in [-0.4, -0.2) is 29.7 Å². The summed E-state index contributed by atoms with van der Waals surface area (Å²) < 4.78 is 10.4. The summed E-state index contributed by atoms with van der Waals surface area (Å²) in [6, 6.07) is 14.3. The SMILES string of the molecule is COc1cccc(-c2noc(CCNC(=O)c3ccccc3Cl)n2)c1. The van der Waals surface area contributed by atoms with E-state index in [1.54, 1.807) is 31.4 Å². The first-order valence-corrected chi connectivity index (χ1v) is 8.05. The number of carbonyl (C=O) groups excluding carboxylic acids is 1. The molecule has 6 nitrogen and oxygen atoms in total. The van der Waals surface area contributed by atoms with Gasteiger partial charge in [-0.2, -0.15) is 4.98 Å². The Morgan fingerprint density at radius 1 is 1.24 bits per heavy atom. The van der Waals surface area contributed by atoms with Crippen LogP contribution in [0.5, 0.6) is 5.75 Å². The number of benzene rings is 2. The maximum Gasteiger partial charge on any atom is 0.252 e. The Balaban J connectivity index is 1.59. The van der Waals surface area contributed by atoms with Crippen molar-refractivity contribution in [2.45, 2.75) is 6.42 Å².